The minimum atomic E-state index is -0.241. The first-order valence-corrected chi connectivity index (χ1v) is 8.15. The first kappa shape index (κ1) is 13.4. The van der Waals surface area contributed by atoms with Crippen LogP contribution < -0.4 is 10.4 Å². The van der Waals surface area contributed by atoms with Gasteiger partial charge >= 0.3 is 0 Å². The Morgan fingerprint density at radius 2 is 1.81 bits per heavy atom. The average Bonchev–Trinajstić information content (AvgIpc) is 2.56. The molecule has 1 saturated heterocycles. The molecule has 0 N–H and O–H groups in total. The number of ether oxygens (including phenoxy) is 2. The fraction of sp³-hybridized carbons (Fsp3) is 0.353. The SMILES string of the molecule is Brc1nc2ccc(C3OCCCO3)cc2c2c1=CCCC=2. The van der Waals surface area contributed by atoms with Crippen molar-refractivity contribution in [2.24, 2.45) is 0 Å². The number of benzene rings is 1. The van der Waals surface area contributed by atoms with Crippen LogP contribution in [-0.4, -0.2) is 18.2 Å². The van der Waals surface area contributed by atoms with E-state index in [1.807, 2.05) is 0 Å². The Hall–Kier alpha value is -1.23. The van der Waals surface area contributed by atoms with E-state index in [9.17, 15) is 0 Å². The van der Waals surface area contributed by atoms with E-state index in [0.717, 1.165) is 48.2 Å². The molecule has 0 spiro atoms. The van der Waals surface area contributed by atoms with Gasteiger partial charge in [0.05, 0.1) is 18.7 Å². The first-order chi connectivity index (χ1) is 10.3. The monoisotopic (exact) mass is 345 g/mol. The fourth-order valence-corrected chi connectivity index (χ4v) is 3.55. The molecular weight excluding hydrogens is 330 g/mol. The molecule has 2 aliphatic rings. The van der Waals surface area contributed by atoms with Crippen LogP contribution in [0, 0.1) is 0 Å². The predicted molar refractivity (Wildman–Crippen MR) is 86.1 cm³/mol. The van der Waals surface area contributed by atoms with Crippen molar-refractivity contribution in [3.05, 3.63) is 38.8 Å². The van der Waals surface area contributed by atoms with Crippen LogP contribution in [0.5, 0.6) is 0 Å². The third-order valence-electron chi connectivity index (χ3n) is 4.00. The molecule has 0 amide bonds. The summed E-state index contributed by atoms with van der Waals surface area (Å²) in [4.78, 5) is 4.66. The van der Waals surface area contributed by atoms with E-state index in [-0.39, 0.29) is 6.29 Å². The molecule has 0 unspecified atom stereocenters. The number of hydrogen-bond donors (Lipinski definition) is 0. The maximum absolute atomic E-state index is 5.71. The summed E-state index contributed by atoms with van der Waals surface area (Å²) < 4.78 is 12.4. The van der Waals surface area contributed by atoms with Gasteiger partial charge in [-0.2, -0.15) is 0 Å². The Morgan fingerprint density at radius 1 is 1.05 bits per heavy atom. The highest BCUT2D eigenvalue weighted by Crippen LogP contribution is 2.25. The quantitative estimate of drug-likeness (QED) is 0.744. The van der Waals surface area contributed by atoms with Gasteiger partial charge in [0.25, 0.3) is 0 Å². The van der Waals surface area contributed by atoms with Crippen LogP contribution in [0.3, 0.4) is 0 Å². The summed E-state index contributed by atoms with van der Waals surface area (Å²) in [5.74, 6) is 0. The van der Waals surface area contributed by atoms with Crippen molar-refractivity contribution in [1.82, 2.24) is 4.98 Å². The molecule has 0 radical (unpaired) electrons. The highest BCUT2D eigenvalue weighted by molar-refractivity contribution is 9.10. The standard InChI is InChI=1S/C17H16BrNO2/c18-16-13-5-2-1-4-12(13)14-10-11(6-7-15(14)19-16)17-20-8-3-9-21-17/h4-7,10,17H,1-3,8-9H2. The number of aromatic nitrogens is 1. The van der Waals surface area contributed by atoms with Gasteiger partial charge in [-0.3, -0.25) is 0 Å². The predicted octanol–water partition coefficient (Wildman–Crippen LogP) is 2.79. The first-order valence-electron chi connectivity index (χ1n) is 7.36. The Labute approximate surface area is 131 Å². The van der Waals surface area contributed by atoms with Gasteiger partial charge in [0.1, 0.15) is 4.60 Å². The van der Waals surface area contributed by atoms with E-state index in [0.29, 0.717) is 0 Å². The van der Waals surface area contributed by atoms with E-state index in [1.54, 1.807) is 0 Å². The highest BCUT2D eigenvalue weighted by Gasteiger charge is 2.17. The minimum absolute atomic E-state index is 0.241. The molecule has 3 nitrogen and oxygen atoms in total. The Balaban J connectivity index is 1.93. The van der Waals surface area contributed by atoms with Crippen molar-refractivity contribution >= 4 is 39.0 Å². The van der Waals surface area contributed by atoms with Crippen LogP contribution in [0.25, 0.3) is 23.1 Å². The van der Waals surface area contributed by atoms with Gasteiger partial charge in [-0.25, -0.2) is 4.98 Å². The lowest BCUT2D eigenvalue weighted by Gasteiger charge is -2.23. The zero-order valence-corrected chi connectivity index (χ0v) is 13.2. The largest absolute Gasteiger partial charge is 0.348 e. The summed E-state index contributed by atoms with van der Waals surface area (Å²) in [6, 6.07) is 6.27. The third kappa shape index (κ3) is 2.41. The summed E-state index contributed by atoms with van der Waals surface area (Å²) in [6.07, 6.45) is 7.45. The van der Waals surface area contributed by atoms with Crippen molar-refractivity contribution in [2.45, 2.75) is 25.6 Å². The van der Waals surface area contributed by atoms with Gasteiger partial charge in [-0.05, 0) is 52.5 Å². The highest BCUT2D eigenvalue weighted by atomic mass is 79.9. The summed E-state index contributed by atoms with van der Waals surface area (Å²) in [5.41, 5.74) is 2.08. The van der Waals surface area contributed by atoms with Crippen molar-refractivity contribution < 1.29 is 9.47 Å². The summed E-state index contributed by atoms with van der Waals surface area (Å²) in [5, 5.41) is 3.66. The zero-order chi connectivity index (χ0) is 14.2. The van der Waals surface area contributed by atoms with Crippen LogP contribution in [0.1, 0.15) is 31.1 Å². The van der Waals surface area contributed by atoms with E-state index in [4.69, 9.17) is 9.47 Å². The molecule has 21 heavy (non-hydrogen) atoms. The molecule has 1 aromatic heterocycles. The van der Waals surface area contributed by atoms with E-state index in [1.165, 1.54) is 15.8 Å². The second-order valence-corrected chi connectivity index (χ2v) is 6.17. The second-order valence-electron chi connectivity index (χ2n) is 5.42. The molecule has 1 aliphatic heterocycles. The van der Waals surface area contributed by atoms with Crippen molar-refractivity contribution in [3.63, 3.8) is 0 Å². The molecule has 0 bridgehead atoms. The van der Waals surface area contributed by atoms with Crippen molar-refractivity contribution in [2.75, 3.05) is 13.2 Å². The topological polar surface area (TPSA) is 31.4 Å². The molecule has 4 rings (SSSR count). The molecule has 1 fully saturated rings. The zero-order valence-electron chi connectivity index (χ0n) is 11.6. The molecule has 2 aromatic rings. The van der Waals surface area contributed by atoms with E-state index >= 15 is 0 Å². The lowest BCUT2D eigenvalue weighted by atomic mass is 10.0. The van der Waals surface area contributed by atoms with Gasteiger partial charge in [-0.15, -0.1) is 0 Å². The van der Waals surface area contributed by atoms with Crippen molar-refractivity contribution in [1.29, 1.82) is 0 Å². The molecule has 0 atom stereocenters. The van der Waals surface area contributed by atoms with Gasteiger partial charge < -0.3 is 9.47 Å². The third-order valence-corrected chi connectivity index (χ3v) is 4.61. The Bertz CT molecular complexity index is 810. The number of fused-ring (bicyclic) bond motifs is 3. The number of nitrogens with zero attached hydrogens (tertiary/aromatic N) is 1. The van der Waals surface area contributed by atoms with Crippen LogP contribution in [0.2, 0.25) is 0 Å². The van der Waals surface area contributed by atoms with Gasteiger partial charge in [0.2, 0.25) is 0 Å². The summed E-state index contributed by atoms with van der Waals surface area (Å²) in [6.45, 7) is 1.53. The number of rotatable bonds is 1. The number of halogens is 1. The number of pyridine rings is 1. The van der Waals surface area contributed by atoms with E-state index < -0.39 is 0 Å². The smallest absolute Gasteiger partial charge is 0.183 e. The number of hydrogen-bond acceptors (Lipinski definition) is 3. The van der Waals surface area contributed by atoms with Crippen LogP contribution in [0.15, 0.2) is 22.8 Å². The maximum atomic E-state index is 5.71. The maximum Gasteiger partial charge on any atom is 0.183 e. The Kier molecular flexibility index (Phi) is 3.53. The fourth-order valence-electron chi connectivity index (χ4n) is 2.99. The lowest BCUT2D eigenvalue weighted by molar-refractivity contribution is -0.182. The van der Waals surface area contributed by atoms with Crippen LogP contribution >= 0.6 is 15.9 Å². The molecule has 1 aliphatic carbocycles. The molecular formula is C17H16BrNO2. The molecule has 1 aromatic carbocycles. The molecule has 108 valence electrons. The summed E-state index contributed by atoms with van der Waals surface area (Å²) in [7, 11) is 0. The Morgan fingerprint density at radius 3 is 2.62 bits per heavy atom. The van der Waals surface area contributed by atoms with Crippen LogP contribution in [0.4, 0.5) is 0 Å². The van der Waals surface area contributed by atoms with Gasteiger partial charge in [-0.1, -0.05) is 18.2 Å². The van der Waals surface area contributed by atoms with Gasteiger partial charge in [0, 0.05) is 16.2 Å². The average molecular weight is 346 g/mol. The summed E-state index contributed by atoms with van der Waals surface area (Å²) >= 11 is 3.59. The lowest BCUT2D eigenvalue weighted by Crippen LogP contribution is -2.30. The second kappa shape index (κ2) is 5.52. The molecule has 2 heterocycles. The van der Waals surface area contributed by atoms with Crippen molar-refractivity contribution in [3.8, 4) is 0 Å². The van der Waals surface area contributed by atoms with Crippen LogP contribution in [-0.2, 0) is 9.47 Å². The normalized spacial score (nSPS) is 18.9. The van der Waals surface area contributed by atoms with E-state index in [2.05, 4.69) is 51.3 Å². The minimum Gasteiger partial charge on any atom is -0.348 e. The van der Waals surface area contributed by atoms with Gasteiger partial charge in [0.15, 0.2) is 6.29 Å². The molecule has 0 saturated carbocycles. The molecule has 4 heteroatoms.